The fourth-order valence-corrected chi connectivity index (χ4v) is 4.57. The first-order chi connectivity index (χ1) is 9.55. The summed E-state index contributed by atoms with van der Waals surface area (Å²) in [5.41, 5.74) is -0.755. The Morgan fingerprint density at radius 3 is 2.70 bits per heavy atom. The van der Waals surface area contributed by atoms with Crippen molar-refractivity contribution < 1.29 is 18.3 Å². The van der Waals surface area contributed by atoms with E-state index in [1.807, 2.05) is 0 Å². The number of sulfonamides is 1. The minimum Gasteiger partial charge on any atom is -0.508 e. The molecule has 6 nitrogen and oxygen atoms in total. The number of piperidine rings is 1. The van der Waals surface area contributed by atoms with Crippen LogP contribution in [0.3, 0.4) is 0 Å². The van der Waals surface area contributed by atoms with E-state index in [1.165, 1.54) is 28.6 Å². The second-order valence-electron chi connectivity index (χ2n) is 5.15. The highest BCUT2D eigenvalue weighted by atomic mass is 32.2. The van der Waals surface area contributed by atoms with Gasteiger partial charge >= 0.3 is 0 Å². The Bertz CT molecular complexity index is 579. The summed E-state index contributed by atoms with van der Waals surface area (Å²) in [6.07, 6.45) is 1.60. The highest BCUT2D eigenvalue weighted by Crippen LogP contribution is 2.35. The van der Waals surface area contributed by atoms with E-state index < -0.39 is 15.7 Å². The average Bonchev–Trinajstić information content (AvgIpc) is 2.84. The number of benzene rings is 1. The van der Waals surface area contributed by atoms with Gasteiger partial charge in [-0.2, -0.15) is 4.31 Å². The van der Waals surface area contributed by atoms with Crippen LogP contribution in [0.25, 0.3) is 0 Å². The fourth-order valence-electron chi connectivity index (χ4n) is 2.88. The van der Waals surface area contributed by atoms with Crippen molar-refractivity contribution in [2.45, 2.75) is 23.5 Å². The summed E-state index contributed by atoms with van der Waals surface area (Å²) in [5, 5.41) is 12.5. The van der Waals surface area contributed by atoms with Crippen LogP contribution in [-0.4, -0.2) is 49.8 Å². The maximum Gasteiger partial charge on any atom is 0.245 e. The topological polar surface area (TPSA) is 78.9 Å². The third-order valence-electron chi connectivity index (χ3n) is 3.87. The quantitative estimate of drug-likeness (QED) is 0.831. The van der Waals surface area contributed by atoms with Crippen molar-refractivity contribution in [3.8, 4) is 5.75 Å². The molecule has 0 aliphatic carbocycles. The summed E-state index contributed by atoms with van der Waals surface area (Å²) in [7, 11) is -3.61. The van der Waals surface area contributed by atoms with Crippen molar-refractivity contribution in [2.75, 3.05) is 26.2 Å². The molecule has 110 valence electrons. The molecule has 0 aromatic heterocycles. The molecule has 2 saturated heterocycles. The molecule has 2 heterocycles. The molecule has 0 saturated carbocycles. The van der Waals surface area contributed by atoms with Crippen LogP contribution in [0, 0.1) is 0 Å². The summed E-state index contributed by atoms with van der Waals surface area (Å²) in [4.78, 5) is 0.186. The van der Waals surface area contributed by atoms with E-state index in [0.29, 0.717) is 26.1 Å². The van der Waals surface area contributed by atoms with Crippen LogP contribution in [0.1, 0.15) is 12.8 Å². The zero-order chi connectivity index (χ0) is 14.2. The fraction of sp³-hybridized carbons (Fsp3) is 0.538. The van der Waals surface area contributed by atoms with Gasteiger partial charge in [-0.3, -0.25) is 0 Å². The van der Waals surface area contributed by atoms with Crippen molar-refractivity contribution in [1.82, 2.24) is 9.62 Å². The standard InChI is InChI=1S/C13H18N2O4S/c16-11-2-4-12(5-3-11)20(17,18)15-8-9-19-13(15)6-1-7-14-10-13/h2-5,14,16H,1,6-10H2. The molecule has 1 unspecified atom stereocenters. The second-order valence-corrected chi connectivity index (χ2v) is 7.01. The lowest BCUT2D eigenvalue weighted by molar-refractivity contribution is -0.0646. The summed E-state index contributed by atoms with van der Waals surface area (Å²) < 4.78 is 32.7. The molecule has 0 bridgehead atoms. The Balaban J connectivity index is 1.95. The van der Waals surface area contributed by atoms with Gasteiger partial charge in [-0.1, -0.05) is 0 Å². The summed E-state index contributed by atoms with van der Waals surface area (Å²) in [6.45, 7) is 2.19. The van der Waals surface area contributed by atoms with Gasteiger partial charge in [0.2, 0.25) is 10.0 Å². The van der Waals surface area contributed by atoms with Crippen LogP contribution in [0.5, 0.6) is 5.75 Å². The molecule has 2 aliphatic heterocycles. The van der Waals surface area contributed by atoms with Crippen LogP contribution in [0.4, 0.5) is 0 Å². The molecule has 3 rings (SSSR count). The van der Waals surface area contributed by atoms with E-state index in [2.05, 4.69) is 5.32 Å². The van der Waals surface area contributed by atoms with E-state index in [9.17, 15) is 13.5 Å². The Hall–Kier alpha value is -1.15. The van der Waals surface area contributed by atoms with Crippen LogP contribution in [-0.2, 0) is 14.8 Å². The van der Waals surface area contributed by atoms with Crippen molar-refractivity contribution in [3.05, 3.63) is 24.3 Å². The van der Waals surface area contributed by atoms with E-state index >= 15 is 0 Å². The van der Waals surface area contributed by atoms with Gasteiger partial charge in [0.05, 0.1) is 11.5 Å². The molecule has 1 aromatic rings. The predicted molar refractivity (Wildman–Crippen MR) is 72.8 cm³/mol. The van der Waals surface area contributed by atoms with E-state index in [-0.39, 0.29) is 10.6 Å². The zero-order valence-corrected chi connectivity index (χ0v) is 11.9. The number of ether oxygens (including phenoxy) is 1. The van der Waals surface area contributed by atoms with Crippen LogP contribution in [0.15, 0.2) is 29.2 Å². The van der Waals surface area contributed by atoms with E-state index in [1.54, 1.807) is 0 Å². The third kappa shape index (κ3) is 2.20. The average molecular weight is 298 g/mol. The Kier molecular flexibility index (Phi) is 3.45. The number of rotatable bonds is 2. The molecule has 1 aromatic carbocycles. The van der Waals surface area contributed by atoms with Gasteiger partial charge in [0, 0.05) is 13.1 Å². The van der Waals surface area contributed by atoms with Gasteiger partial charge in [0.1, 0.15) is 11.5 Å². The van der Waals surface area contributed by atoms with Gasteiger partial charge in [-0.25, -0.2) is 8.42 Å². The van der Waals surface area contributed by atoms with E-state index in [0.717, 1.165) is 13.0 Å². The van der Waals surface area contributed by atoms with Crippen LogP contribution < -0.4 is 5.32 Å². The number of hydrogen-bond acceptors (Lipinski definition) is 5. The monoisotopic (exact) mass is 298 g/mol. The molecule has 2 fully saturated rings. The highest BCUT2D eigenvalue weighted by molar-refractivity contribution is 7.89. The summed E-state index contributed by atoms with van der Waals surface area (Å²) >= 11 is 0. The molecule has 7 heteroatoms. The first-order valence-electron chi connectivity index (χ1n) is 6.71. The van der Waals surface area contributed by atoms with Crippen LogP contribution in [0.2, 0.25) is 0 Å². The predicted octanol–water partition coefficient (Wildman–Crippen LogP) is 0.493. The first-order valence-corrected chi connectivity index (χ1v) is 8.15. The number of phenolic OH excluding ortho intramolecular Hbond substituents is 1. The van der Waals surface area contributed by atoms with Crippen molar-refractivity contribution in [2.24, 2.45) is 0 Å². The highest BCUT2D eigenvalue weighted by Gasteiger charge is 2.49. The number of phenols is 1. The molecule has 1 spiro atoms. The Morgan fingerprint density at radius 1 is 1.30 bits per heavy atom. The van der Waals surface area contributed by atoms with Crippen LogP contribution >= 0.6 is 0 Å². The number of nitrogens with zero attached hydrogens (tertiary/aromatic N) is 1. The maximum atomic E-state index is 12.8. The lowest BCUT2D eigenvalue weighted by Crippen LogP contribution is -2.56. The molecule has 0 radical (unpaired) electrons. The van der Waals surface area contributed by atoms with Crippen molar-refractivity contribution in [1.29, 1.82) is 0 Å². The Morgan fingerprint density at radius 2 is 2.05 bits per heavy atom. The SMILES string of the molecule is O=S(=O)(c1ccc(O)cc1)N1CCOC12CCCNC2. The Labute approximate surface area is 118 Å². The van der Waals surface area contributed by atoms with Gasteiger partial charge in [0.15, 0.2) is 0 Å². The van der Waals surface area contributed by atoms with Gasteiger partial charge in [-0.05, 0) is 43.7 Å². The molecule has 2 aliphatic rings. The van der Waals surface area contributed by atoms with Crippen molar-refractivity contribution >= 4 is 10.0 Å². The lowest BCUT2D eigenvalue weighted by Gasteiger charge is -2.39. The second kappa shape index (κ2) is 5.00. The largest absolute Gasteiger partial charge is 0.508 e. The van der Waals surface area contributed by atoms with E-state index in [4.69, 9.17) is 4.74 Å². The number of hydrogen-bond donors (Lipinski definition) is 2. The summed E-state index contributed by atoms with van der Waals surface area (Å²) in [5.74, 6) is 0.0515. The molecule has 0 amide bonds. The minimum atomic E-state index is -3.61. The van der Waals surface area contributed by atoms with Crippen molar-refractivity contribution in [3.63, 3.8) is 0 Å². The molecule has 2 N–H and O–H groups in total. The summed E-state index contributed by atoms with van der Waals surface area (Å²) in [6, 6.07) is 5.62. The third-order valence-corrected chi connectivity index (χ3v) is 5.83. The number of nitrogens with one attached hydrogen (secondary N) is 1. The zero-order valence-electron chi connectivity index (χ0n) is 11.1. The van der Waals surface area contributed by atoms with Gasteiger partial charge in [-0.15, -0.1) is 0 Å². The maximum absolute atomic E-state index is 12.8. The molecule has 1 atom stereocenters. The van der Waals surface area contributed by atoms with Gasteiger partial charge in [0.25, 0.3) is 0 Å². The number of aromatic hydroxyl groups is 1. The molecular weight excluding hydrogens is 280 g/mol. The van der Waals surface area contributed by atoms with Gasteiger partial charge < -0.3 is 15.2 Å². The molecular formula is C13H18N2O4S. The lowest BCUT2D eigenvalue weighted by atomic mass is 10.0. The molecule has 20 heavy (non-hydrogen) atoms. The first kappa shape index (κ1) is 13.8. The minimum absolute atomic E-state index is 0.0515. The normalized spacial score (nSPS) is 28.0. The smallest absolute Gasteiger partial charge is 0.245 e.